The maximum Gasteiger partial charge on any atom is 0.417 e. The van der Waals surface area contributed by atoms with Crippen LogP contribution in [-0.4, -0.2) is 18.1 Å². The van der Waals surface area contributed by atoms with E-state index in [1.54, 1.807) is 25.1 Å². The van der Waals surface area contributed by atoms with Gasteiger partial charge in [0, 0.05) is 18.0 Å². The molecule has 2 aromatic rings. The van der Waals surface area contributed by atoms with Crippen LogP contribution in [0.1, 0.15) is 28.4 Å². The fourth-order valence-corrected chi connectivity index (χ4v) is 2.20. The van der Waals surface area contributed by atoms with Crippen molar-refractivity contribution in [2.75, 3.05) is 7.11 Å². The van der Waals surface area contributed by atoms with Crippen molar-refractivity contribution in [3.05, 3.63) is 53.3 Å². The minimum absolute atomic E-state index is 0.173. The molecular weight excluding hydrogens is 295 g/mol. The Labute approximate surface area is 125 Å². The van der Waals surface area contributed by atoms with Crippen molar-refractivity contribution in [2.45, 2.75) is 19.5 Å². The largest absolute Gasteiger partial charge is 0.465 e. The summed E-state index contributed by atoms with van der Waals surface area (Å²) < 4.78 is 44.5. The van der Waals surface area contributed by atoms with Gasteiger partial charge in [-0.15, -0.1) is 0 Å². The minimum atomic E-state index is -4.65. The zero-order chi connectivity index (χ0) is 16.3. The monoisotopic (exact) mass is 309 g/mol. The summed E-state index contributed by atoms with van der Waals surface area (Å²) in [5.41, 5.74) is -0.382. The van der Waals surface area contributed by atoms with Gasteiger partial charge in [0.05, 0.1) is 18.2 Å². The summed E-state index contributed by atoms with van der Waals surface area (Å²) in [6, 6.07) is 5.77. The Morgan fingerprint density at radius 3 is 2.55 bits per heavy atom. The van der Waals surface area contributed by atoms with Gasteiger partial charge in [0.2, 0.25) is 0 Å². The van der Waals surface area contributed by atoms with Crippen LogP contribution < -0.4 is 0 Å². The van der Waals surface area contributed by atoms with Gasteiger partial charge in [0.1, 0.15) is 0 Å². The van der Waals surface area contributed by atoms with Gasteiger partial charge in [-0.3, -0.25) is 4.98 Å². The van der Waals surface area contributed by atoms with E-state index in [0.29, 0.717) is 17.5 Å². The molecule has 0 aliphatic carbocycles. The highest BCUT2D eigenvalue weighted by molar-refractivity contribution is 5.99. The number of pyridine rings is 1. The number of nitrogens with zero attached hydrogens (tertiary/aromatic N) is 1. The molecule has 0 saturated heterocycles. The average molecular weight is 309 g/mol. The molecule has 0 bridgehead atoms. The molecule has 0 radical (unpaired) electrons. The van der Waals surface area contributed by atoms with Crippen LogP contribution in [-0.2, 0) is 17.3 Å². The van der Waals surface area contributed by atoms with Gasteiger partial charge in [-0.2, -0.15) is 13.2 Å². The molecule has 116 valence electrons. The van der Waals surface area contributed by atoms with E-state index >= 15 is 0 Å². The maximum absolute atomic E-state index is 13.3. The van der Waals surface area contributed by atoms with Crippen LogP contribution in [0.25, 0.3) is 11.1 Å². The fourth-order valence-electron chi connectivity index (χ4n) is 2.20. The van der Waals surface area contributed by atoms with E-state index in [4.69, 9.17) is 0 Å². The molecule has 0 amide bonds. The van der Waals surface area contributed by atoms with Gasteiger partial charge in [0.25, 0.3) is 0 Å². The lowest BCUT2D eigenvalue weighted by Crippen LogP contribution is -2.16. The van der Waals surface area contributed by atoms with Crippen LogP contribution in [0.3, 0.4) is 0 Å². The smallest absolute Gasteiger partial charge is 0.417 e. The molecule has 2 rings (SSSR count). The molecule has 0 atom stereocenters. The summed E-state index contributed by atoms with van der Waals surface area (Å²) in [6.45, 7) is 1.75. The molecule has 0 aliphatic rings. The predicted molar refractivity (Wildman–Crippen MR) is 75.4 cm³/mol. The van der Waals surface area contributed by atoms with Crippen molar-refractivity contribution in [3.8, 4) is 11.1 Å². The normalized spacial score (nSPS) is 11.3. The molecular formula is C16H14F3NO2. The summed E-state index contributed by atoms with van der Waals surface area (Å²) in [4.78, 5) is 15.8. The highest BCUT2D eigenvalue weighted by Crippen LogP contribution is 2.38. The molecule has 0 unspecified atom stereocenters. The third-order valence-electron chi connectivity index (χ3n) is 3.27. The highest BCUT2D eigenvalue weighted by Gasteiger charge is 2.37. The van der Waals surface area contributed by atoms with Crippen LogP contribution in [0.15, 0.2) is 36.7 Å². The van der Waals surface area contributed by atoms with E-state index in [1.165, 1.54) is 12.4 Å². The van der Waals surface area contributed by atoms with Crippen molar-refractivity contribution in [3.63, 3.8) is 0 Å². The maximum atomic E-state index is 13.3. The number of carbonyl (C=O) groups excluding carboxylic acids is 1. The number of alkyl halides is 3. The second-order valence-electron chi connectivity index (χ2n) is 4.65. The Bertz CT molecular complexity index is 682. The first kappa shape index (κ1) is 16.0. The van der Waals surface area contributed by atoms with Crippen molar-refractivity contribution >= 4 is 5.97 Å². The van der Waals surface area contributed by atoms with Crippen LogP contribution in [0.4, 0.5) is 13.2 Å². The number of ether oxygens (including phenoxy) is 1. The number of esters is 1. The van der Waals surface area contributed by atoms with E-state index in [1.807, 2.05) is 0 Å². The summed E-state index contributed by atoms with van der Waals surface area (Å²) >= 11 is 0. The molecule has 0 spiro atoms. The predicted octanol–water partition coefficient (Wildman–Crippen LogP) is 4.12. The third kappa shape index (κ3) is 3.10. The lowest BCUT2D eigenvalue weighted by Gasteiger charge is -2.17. The van der Waals surface area contributed by atoms with E-state index in [2.05, 4.69) is 9.72 Å². The Morgan fingerprint density at radius 1 is 1.32 bits per heavy atom. The molecule has 0 fully saturated rings. The molecule has 1 aromatic carbocycles. The SMILES string of the molecule is CCc1cc(-c2cccnc2)c(C(=O)OC)c(C(F)(F)F)c1. The van der Waals surface area contributed by atoms with Gasteiger partial charge in [-0.25, -0.2) is 4.79 Å². The first-order valence-electron chi connectivity index (χ1n) is 6.61. The van der Waals surface area contributed by atoms with Crippen LogP contribution >= 0.6 is 0 Å². The Kier molecular flexibility index (Phi) is 4.49. The molecule has 0 N–H and O–H groups in total. The fraction of sp³-hybridized carbons (Fsp3) is 0.250. The van der Waals surface area contributed by atoms with Gasteiger partial charge in [-0.1, -0.05) is 19.1 Å². The van der Waals surface area contributed by atoms with Gasteiger partial charge in [-0.05, 0) is 29.7 Å². The number of aryl methyl sites for hydroxylation is 1. The van der Waals surface area contributed by atoms with Crippen LogP contribution in [0.5, 0.6) is 0 Å². The number of aromatic nitrogens is 1. The van der Waals surface area contributed by atoms with Gasteiger partial charge in [0.15, 0.2) is 0 Å². The quantitative estimate of drug-likeness (QED) is 0.801. The summed E-state index contributed by atoms with van der Waals surface area (Å²) in [6.07, 6.45) is -1.31. The first-order valence-corrected chi connectivity index (χ1v) is 6.61. The number of benzene rings is 1. The molecule has 0 aliphatic heterocycles. The number of hydrogen-bond donors (Lipinski definition) is 0. The van der Waals surface area contributed by atoms with E-state index in [9.17, 15) is 18.0 Å². The highest BCUT2D eigenvalue weighted by atomic mass is 19.4. The topological polar surface area (TPSA) is 39.2 Å². The van der Waals surface area contributed by atoms with Crippen LogP contribution in [0.2, 0.25) is 0 Å². The Morgan fingerprint density at radius 2 is 2.05 bits per heavy atom. The lowest BCUT2D eigenvalue weighted by molar-refractivity contribution is -0.138. The second-order valence-corrected chi connectivity index (χ2v) is 4.65. The zero-order valence-electron chi connectivity index (χ0n) is 12.1. The number of halogens is 3. The number of methoxy groups -OCH3 is 1. The molecule has 6 heteroatoms. The van der Waals surface area contributed by atoms with Gasteiger partial charge >= 0.3 is 12.1 Å². The minimum Gasteiger partial charge on any atom is -0.465 e. The van der Waals surface area contributed by atoms with Crippen molar-refractivity contribution in [1.29, 1.82) is 0 Å². The first-order chi connectivity index (χ1) is 10.4. The lowest BCUT2D eigenvalue weighted by atomic mass is 9.92. The molecule has 22 heavy (non-hydrogen) atoms. The summed E-state index contributed by atoms with van der Waals surface area (Å²) in [5, 5.41) is 0. The van der Waals surface area contributed by atoms with Crippen molar-refractivity contribution in [2.24, 2.45) is 0 Å². The van der Waals surface area contributed by atoms with E-state index in [0.717, 1.165) is 13.2 Å². The Balaban J connectivity index is 2.83. The van der Waals surface area contributed by atoms with E-state index < -0.39 is 23.3 Å². The van der Waals surface area contributed by atoms with Gasteiger partial charge < -0.3 is 4.74 Å². The zero-order valence-corrected chi connectivity index (χ0v) is 12.1. The average Bonchev–Trinajstić information content (AvgIpc) is 2.52. The second kappa shape index (κ2) is 6.17. The summed E-state index contributed by atoms with van der Waals surface area (Å²) in [5.74, 6) is -1.02. The third-order valence-corrected chi connectivity index (χ3v) is 3.27. The standard InChI is InChI=1S/C16H14F3NO2/c1-3-10-7-12(11-5-4-6-20-9-11)14(15(21)22-2)13(8-10)16(17,18)19/h4-9H,3H2,1-2H3. The van der Waals surface area contributed by atoms with Crippen molar-refractivity contribution in [1.82, 2.24) is 4.98 Å². The molecule has 3 nitrogen and oxygen atoms in total. The van der Waals surface area contributed by atoms with E-state index in [-0.39, 0.29) is 5.56 Å². The number of hydrogen-bond acceptors (Lipinski definition) is 3. The molecule has 1 heterocycles. The molecule has 0 saturated carbocycles. The molecule has 1 aromatic heterocycles. The Hall–Kier alpha value is -2.37. The number of rotatable bonds is 3. The number of carbonyl (C=O) groups is 1. The van der Waals surface area contributed by atoms with Crippen molar-refractivity contribution < 1.29 is 22.7 Å². The van der Waals surface area contributed by atoms with Crippen LogP contribution in [0, 0.1) is 0 Å². The summed E-state index contributed by atoms with van der Waals surface area (Å²) in [7, 11) is 1.06.